The van der Waals surface area contributed by atoms with E-state index in [9.17, 15) is 4.79 Å². The first-order chi connectivity index (χ1) is 7.11. The van der Waals surface area contributed by atoms with Crippen molar-refractivity contribution in [1.29, 1.82) is 0 Å². The number of esters is 1. The zero-order chi connectivity index (χ0) is 11.7. The van der Waals surface area contributed by atoms with Gasteiger partial charge < -0.3 is 10.5 Å². The summed E-state index contributed by atoms with van der Waals surface area (Å²) in [5.74, 6) is 0.833. The zero-order valence-corrected chi connectivity index (χ0v) is 10.8. The van der Waals surface area contributed by atoms with E-state index in [1.807, 2.05) is 6.92 Å². The Morgan fingerprint density at radius 3 is 2.60 bits per heavy atom. The minimum Gasteiger partial charge on any atom is -0.468 e. The van der Waals surface area contributed by atoms with Gasteiger partial charge in [-0.3, -0.25) is 4.79 Å². The standard InChI is InChI=1S/C11H23NO2S/c1-4-5-6-10(11(13)14-3)15-8-7-9(2)12/h9-10H,4-8,12H2,1-3H3. The highest BCUT2D eigenvalue weighted by atomic mass is 32.2. The number of ether oxygens (including phenoxy) is 1. The molecule has 3 nitrogen and oxygen atoms in total. The van der Waals surface area contributed by atoms with Gasteiger partial charge in [-0.05, 0) is 25.5 Å². The first-order valence-electron chi connectivity index (χ1n) is 5.56. The highest BCUT2D eigenvalue weighted by Crippen LogP contribution is 2.20. The molecule has 0 fully saturated rings. The van der Waals surface area contributed by atoms with Crippen LogP contribution in [0.4, 0.5) is 0 Å². The van der Waals surface area contributed by atoms with Crippen LogP contribution in [0, 0.1) is 0 Å². The van der Waals surface area contributed by atoms with Gasteiger partial charge in [-0.1, -0.05) is 19.8 Å². The van der Waals surface area contributed by atoms with Crippen LogP contribution in [0.1, 0.15) is 39.5 Å². The fraction of sp³-hybridized carbons (Fsp3) is 0.909. The van der Waals surface area contributed by atoms with Crippen LogP contribution in [-0.4, -0.2) is 30.1 Å². The topological polar surface area (TPSA) is 52.3 Å². The lowest BCUT2D eigenvalue weighted by Crippen LogP contribution is -2.21. The number of thioether (sulfide) groups is 1. The molecule has 0 aromatic carbocycles. The summed E-state index contributed by atoms with van der Waals surface area (Å²) in [6, 6.07) is 0.210. The lowest BCUT2D eigenvalue weighted by molar-refractivity contribution is -0.140. The van der Waals surface area contributed by atoms with E-state index in [0.29, 0.717) is 0 Å². The van der Waals surface area contributed by atoms with Crippen molar-refractivity contribution in [2.75, 3.05) is 12.9 Å². The number of hydrogen-bond acceptors (Lipinski definition) is 4. The predicted molar refractivity (Wildman–Crippen MR) is 66.1 cm³/mol. The van der Waals surface area contributed by atoms with E-state index in [1.54, 1.807) is 11.8 Å². The van der Waals surface area contributed by atoms with E-state index >= 15 is 0 Å². The van der Waals surface area contributed by atoms with Crippen molar-refractivity contribution >= 4 is 17.7 Å². The number of methoxy groups -OCH3 is 1. The van der Waals surface area contributed by atoms with Crippen LogP contribution in [0.5, 0.6) is 0 Å². The Morgan fingerprint density at radius 1 is 1.47 bits per heavy atom. The monoisotopic (exact) mass is 233 g/mol. The normalized spacial score (nSPS) is 14.7. The Morgan fingerprint density at radius 2 is 2.13 bits per heavy atom. The van der Waals surface area contributed by atoms with Gasteiger partial charge in [0.15, 0.2) is 0 Å². The van der Waals surface area contributed by atoms with E-state index < -0.39 is 0 Å². The number of hydrogen-bond donors (Lipinski definition) is 1. The molecule has 0 heterocycles. The van der Waals surface area contributed by atoms with Gasteiger partial charge in [0.2, 0.25) is 0 Å². The molecule has 0 amide bonds. The molecule has 90 valence electrons. The minimum absolute atomic E-state index is 0.00583. The van der Waals surface area contributed by atoms with E-state index in [4.69, 9.17) is 10.5 Å². The third-order valence-corrected chi connectivity index (χ3v) is 3.48. The maximum atomic E-state index is 11.4. The van der Waals surface area contributed by atoms with Gasteiger partial charge in [0.1, 0.15) is 5.25 Å². The molecule has 0 aliphatic rings. The molecular weight excluding hydrogens is 210 g/mol. The molecular formula is C11H23NO2S. The zero-order valence-electron chi connectivity index (χ0n) is 9.99. The molecule has 15 heavy (non-hydrogen) atoms. The SMILES string of the molecule is CCCCC(SCCC(C)N)C(=O)OC. The Kier molecular flexibility index (Phi) is 8.91. The molecule has 4 heteroatoms. The van der Waals surface area contributed by atoms with Crippen LogP contribution in [0.2, 0.25) is 0 Å². The highest BCUT2D eigenvalue weighted by Gasteiger charge is 2.18. The molecule has 0 rings (SSSR count). The summed E-state index contributed by atoms with van der Waals surface area (Å²) in [7, 11) is 1.45. The van der Waals surface area contributed by atoms with Crippen molar-refractivity contribution < 1.29 is 9.53 Å². The fourth-order valence-corrected chi connectivity index (χ4v) is 2.54. The number of carbonyl (C=O) groups excluding carboxylic acids is 1. The lowest BCUT2D eigenvalue weighted by atomic mass is 10.2. The molecule has 0 aromatic rings. The Labute approximate surface area is 97.1 Å². The second-order valence-corrected chi connectivity index (χ2v) is 5.10. The van der Waals surface area contributed by atoms with Gasteiger partial charge in [-0.15, -0.1) is 11.8 Å². The minimum atomic E-state index is -0.0990. The number of rotatable bonds is 8. The quantitative estimate of drug-likeness (QED) is 0.653. The molecule has 0 saturated heterocycles. The molecule has 2 N–H and O–H groups in total. The van der Waals surface area contributed by atoms with Crippen molar-refractivity contribution in [3.05, 3.63) is 0 Å². The molecule has 0 bridgehead atoms. The summed E-state index contributed by atoms with van der Waals surface area (Å²) in [4.78, 5) is 11.4. The van der Waals surface area contributed by atoms with Crippen LogP contribution in [-0.2, 0) is 9.53 Å². The largest absolute Gasteiger partial charge is 0.468 e. The number of unbranched alkanes of at least 4 members (excludes halogenated alkanes) is 1. The van der Waals surface area contributed by atoms with E-state index in [-0.39, 0.29) is 17.3 Å². The molecule has 2 unspecified atom stereocenters. The van der Waals surface area contributed by atoms with Gasteiger partial charge in [-0.2, -0.15) is 0 Å². The lowest BCUT2D eigenvalue weighted by Gasteiger charge is -2.14. The molecule has 0 radical (unpaired) electrons. The van der Waals surface area contributed by atoms with Crippen molar-refractivity contribution in [2.24, 2.45) is 5.73 Å². The summed E-state index contributed by atoms with van der Waals surface area (Å²) >= 11 is 1.67. The molecule has 0 aromatic heterocycles. The Hall–Kier alpha value is -0.220. The van der Waals surface area contributed by atoms with Crippen LogP contribution in [0.3, 0.4) is 0 Å². The molecule has 0 saturated carbocycles. The van der Waals surface area contributed by atoms with Gasteiger partial charge in [0.05, 0.1) is 7.11 Å². The molecule has 0 spiro atoms. The second-order valence-electron chi connectivity index (χ2n) is 3.79. The highest BCUT2D eigenvalue weighted by molar-refractivity contribution is 8.00. The number of carbonyl (C=O) groups is 1. The van der Waals surface area contributed by atoms with Crippen LogP contribution >= 0.6 is 11.8 Å². The van der Waals surface area contributed by atoms with Gasteiger partial charge >= 0.3 is 5.97 Å². The Bertz CT molecular complexity index is 174. The third kappa shape index (κ3) is 7.68. The fourth-order valence-electron chi connectivity index (χ4n) is 1.19. The summed E-state index contributed by atoms with van der Waals surface area (Å²) < 4.78 is 4.78. The number of nitrogens with two attached hydrogens (primary N) is 1. The van der Waals surface area contributed by atoms with E-state index in [0.717, 1.165) is 31.4 Å². The van der Waals surface area contributed by atoms with Gasteiger partial charge in [0.25, 0.3) is 0 Å². The third-order valence-electron chi connectivity index (χ3n) is 2.18. The smallest absolute Gasteiger partial charge is 0.318 e. The Balaban J connectivity index is 3.84. The summed E-state index contributed by atoms with van der Waals surface area (Å²) in [5.41, 5.74) is 5.66. The van der Waals surface area contributed by atoms with Crippen molar-refractivity contribution in [1.82, 2.24) is 0 Å². The first-order valence-corrected chi connectivity index (χ1v) is 6.61. The molecule has 2 atom stereocenters. The second kappa shape index (κ2) is 9.04. The van der Waals surface area contributed by atoms with Crippen LogP contribution < -0.4 is 5.73 Å². The van der Waals surface area contributed by atoms with Gasteiger partial charge in [0, 0.05) is 6.04 Å². The van der Waals surface area contributed by atoms with Crippen molar-refractivity contribution in [3.63, 3.8) is 0 Å². The first kappa shape index (κ1) is 14.8. The summed E-state index contributed by atoms with van der Waals surface area (Å²) in [5, 5.41) is -0.00583. The summed E-state index contributed by atoms with van der Waals surface area (Å²) in [6.45, 7) is 4.11. The maximum absolute atomic E-state index is 11.4. The van der Waals surface area contributed by atoms with Crippen molar-refractivity contribution in [2.45, 2.75) is 50.8 Å². The average Bonchev–Trinajstić information content (AvgIpc) is 2.21. The summed E-state index contributed by atoms with van der Waals surface area (Å²) in [6.07, 6.45) is 4.05. The maximum Gasteiger partial charge on any atom is 0.318 e. The molecule has 0 aliphatic heterocycles. The molecule has 0 aliphatic carbocycles. The van der Waals surface area contributed by atoms with Crippen molar-refractivity contribution in [3.8, 4) is 0 Å². The van der Waals surface area contributed by atoms with Crippen LogP contribution in [0.15, 0.2) is 0 Å². The predicted octanol–water partition coefficient (Wildman–Crippen LogP) is 2.19. The van der Waals surface area contributed by atoms with E-state index in [2.05, 4.69) is 6.92 Å². The van der Waals surface area contributed by atoms with E-state index in [1.165, 1.54) is 7.11 Å². The van der Waals surface area contributed by atoms with Crippen LogP contribution in [0.25, 0.3) is 0 Å². The average molecular weight is 233 g/mol. The van der Waals surface area contributed by atoms with Gasteiger partial charge in [-0.25, -0.2) is 0 Å².